The molecule has 9 nitrogen and oxygen atoms in total. The summed E-state index contributed by atoms with van der Waals surface area (Å²) in [6.45, 7) is 2.27. The average molecular weight is 504 g/mol. The summed E-state index contributed by atoms with van der Waals surface area (Å²) in [6, 6.07) is 13.3. The number of carbonyl (C=O) groups excluding carboxylic acids is 1. The van der Waals surface area contributed by atoms with E-state index >= 15 is 0 Å². The van der Waals surface area contributed by atoms with Gasteiger partial charge in [0.1, 0.15) is 11.9 Å². The molecule has 10 heteroatoms. The Morgan fingerprint density at radius 3 is 2.86 bits per heavy atom. The Balaban J connectivity index is 1.22. The highest BCUT2D eigenvalue weighted by Crippen LogP contribution is 2.27. The van der Waals surface area contributed by atoms with Crippen molar-refractivity contribution in [3.05, 3.63) is 83.4 Å². The van der Waals surface area contributed by atoms with Gasteiger partial charge in [-0.25, -0.2) is 19.7 Å². The van der Waals surface area contributed by atoms with E-state index < -0.39 is 6.09 Å². The minimum atomic E-state index is -0.436. The third-order valence-corrected chi connectivity index (χ3v) is 6.36. The van der Waals surface area contributed by atoms with E-state index in [-0.39, 0.29) is 6.10 Å². The summed E-state index contributed by atoms with van der Waals surface area (Å²) >= 11 is 6.25. The molecule has 184 valence electrons. The lowest BCUT2D eigenvalue weighted by Crippen LogP contribution is -2.42. The van der Waals surface area contributed by atoms with Gasteiger partial charge in [-0.15, -0.1) is 0 Å². The molecule has 1 atom stereocenters. The number of amides is 1. The Kier molecular flexibility index (Phi) is 7.37. The van der Waals surface area contributed by atoms with Crippen LogP contribution in [-0.4, -0.2) is 45.2 Å². The Labute approximate surface area is 213 Å². The van der Waals surface area contributed by atoms with Crippen molar-refractivity contribution in [3.63, 3.8) is 0 Å². The number of carbonyl (C=O) groups is 1. The SMILES string of the molecule is O=C(NCc1cccnc1)OC1CCCN(c2nccc3nc(NCc4ccccc4Cl)ncc23)C1. The first-order valence-electron chi connectivity index (χ1n) is 11.8. The summed E-state index contributed by atoms with van der Waals surface area (Å²) in [5.74, 6) is 1.30. The number of hydrogen-bond acceptors (Lipinski definition) is 8. The summed E-state index contributed by atoms with van der Waals surface area (Å²) in [5.41, 5.74) is 2.68. The predicted octanol–water partition coefficient (Wildman–Crippen LogP) is 4.58. The number of nitrogens with zero attached hydrogens (tertiary/aromatic N) is 5. The molecule has 2 N–H and O–H groups in total. The van der Waals surface area contributed by atoms with Gasteiger partial charge in [-0.05, 0) is 42.2 Å². The van der Waals surface area contributed by atoms with E-state index in [1.807, 2.05) is 42.5 Å². The van der Waals surface area contributed by atoms with Gasteiger partial charge >= 0.3 is 6.09 Å². The van der Waals surface area contributed by atoms with Gasteiger partial charge in [0.2, 0.25) is 5.95 Å². The van der Waals surface area contributed by atoms with Gasteiger partial charge < -0.3 is 20.3 Å². The standard InChI is InChI=1S/C26H26ClN7O2/c27-22-8-2-1-6-19(22)15-30-25-31-16-21-23(33-25)9-11-29-24(21)34-12-4-7-20(17-34)36-26(35)32-14-18-5-3-10-28-13-18/h1-3,5-6,8-11,13,16,20H,4,7,12,14-15,17H2,(H,32,35)(H,30,31,33). The van der Waals surface area contributed by atoms with Crippen LogP contribution in [-0.2, 0) is 17.8 Å². The summed E-state index contributed by atoms with van der Waals surface area (Å²) in [4.78, 5) is 32.3. The predicted molar refractivity (Wildman–Crippen MR) is 139 cm³/mol. The zero-order valence-corrected chi connectivity index (χ0v) is 20.4. The Hall–Kier alpha value is -3.98. The van der Waals surface area contributed by atoms with E-state index in [9.17, 15) is 4.79 Å². The van der Waals surface area contributed by atoms with Crippen LogP contribution in [0.4, 0.5) is 16.6 Å². The second-order valence-corrected chi connectivity index (χ2v) is 8.94. The third-order valence-electron chi connectivity index (χ3n) is 5.99. The fourth-order valence-electron chi connectivity index (χ4n) is 4.19. The second-order valence-electron chi connectivity index (χ2n) is 8.54. The lowest BCUT2D eigenvalue weighted by atomic mass is 10.1. The minimum Gasteiger partial charge on any atom is -0.444 e. The van der Waals surface area contributed by atoms with Crippen molar-refractivity contribution in [1.29, 1.82) is 0 Å². The number of piperidine rings is 1. The van der Waals surface area contributed by atoms with Crippen LogP contribution in [0.25, 0.3) is 10.9 Å². The van der Waals surface area contributed by atoms with Crippen LogP contribution < -0.4 is 15.5 Å². The number of aromatic nitrogens is 4. The van der Waals surface area contributed by atoms with Crippen LogP contribution in [0.3, 0.4) is 0 Å². The third kappa shape index (κ3) is 5.80. The van der Waals surface area contributed by atoms with Gasteiger partial charge in [0, 0.05) is 49.4 Å². The first kappa shape index (κ1) is 23.7. The fourth-order valence-corrected chi connectivity index (χ4v) is 4.39. The van der Waals surface area contributed by atoms with E-state index in [1.54, 1.807) is 24.8 Å². The number of hydrogen-bond donors (Lipinski definition) is 2. The maximum atomic E-state index is 12.3. The quantitative estimate of drug-likeness (QED) is 0.377. The van der Waals surface area contributed by atoms with E-state index in [4.69, 9.17) is 16.3 Å². The van der Waals surface area contributed by atoms with Crippen LogP contribution >= 0.6 is 11.6 Å². The van der Waals surface area contributed by atoms with Gasteiger partial charge in [-0.2, -0.15) is 0 Å². The lowest BCUT2D eigenvalue weighted by molar-refractivity contribution is 0.0879. The van der Waals surface area contributed by atoms with Gasteiger partial charge in [0.05, 0.1) is 17.4 Å². The summed E-state index contributed by atoms with van der Waals surface area (Å²) in [5, 5.41) is 7.58. The highest BCUT2D eigenvalue weighted by Gasteiger charge is 2.25. The number of alkyl carbamates (subject to hydrolysis) is 1. The molecule has 4 heterocycles. The van der Waals surface area contributed by atoms with Crippen molar-refractivity contribution in [1.82, 2.24) is 25.3 Å². The monoisotopic (exact) mass is 503 g/mol. The molecule has 1 aromatic carbocycles. The van der Waals surface area contributed by atoms with Gasteiger partial charge in [0.15, 0.2) is 0 Å². The molecule has 36 heavy (non-hydrogen) atoms. The fraction of sp³-hybridized carbons (Fsp3) is 0.269. The van der Waals surface area contributed by atoms with Crippen molar-refractivity contribution in [2.45, 2.75) is 32.0 Å². The number of halogens is 1. The molecule has 1 aliphatic heterocycles. The number of anilines is 2. The number of pyridine rings is 2. The van der Waals surface area contributed by atoms with E-state index in [1.165, 1.54) is 0 Å². The minimum absolute atomic E-state index is 0.234. The molecular formula is C26H26ClN7O2. The van der Waals surface area contributed by atoms with Gasteiger partial charge in [-0.3, -0.25) is 4.98 Å². The Morgan fingerprint density at radius 1 is 1.08 bits per heavy atom. The van der Waals surface area contributed by atoms with Gasteiger partial charge in [-0.1, -0.05) is 35.9 Å². The molecular weight excluding hydrogens is 478 g/mol. The maximum absolute atomic E-state index is 12.3. The molecule has 0 aliphatic carbocycles. The summed E-state index contributed by atoms with van der Waals surface area (Å²) in [6.07, 6.45) is 7.96. The van der Waals surface area contributed by atoms with Crippen LogP contribution in [0.1, 0.15) is 24.0 Å². The smallest absolute Gasteiger partial charge is 0.407 e. The first-order chi connectivity index (χ1) is 17.7. The molecule has 1 fully saturated rings. The molecule has 1 unspecified atom stereocenters. The molecule has 5 rings (SSSR count). The molecule has 0 saturated carbocycles. The first-order valence-corrected chi connectivity index (χ1v) is 12.2. The van der Waals surface area contributed by atoms with Crippen LogP contribution in [0.5, 0.6) is 0 Å². The number of rotatable bonds is 7. The van der Waals surface area contributed by atoms with Crippen molar-refractivity contribution in [2.75, 3.05) is 23.3 Å². The number of ether oxygens (including phenoxy) is 1. The van der Waals surface area contributed by atoms with Crippen LogP contribution in [0, 0.1) is 0 Å². The zero-order chi connectivity index (χ0) is 24.7. The maximum Gasteiger partial charge on any atom is 0.407 e. The molecule has 4 aromatic rings. The van der Waals surface area contributed by atoms with E-state index in [2.05, 4.69) is 35.5 Å². The van der Waals surface area contributed by atoms with E-state index in [0.29, 0.717) is 30.6 Å². The Morgan fingerprint density at radius 2 is 2.00 bits per heavy atom. The topological polar surface area (TPSA) is 105 Å². The molecule has 0 bridgehead atoms. The highest BCUT2D eigenvalue weighted by molar-refractivity contribution is 6.31. The molecule has 1 aliphatic rings. The number of benzene rings is 1. The average Bonchev–Trinajstić information content (AvgIpc) is 2.92. The molecule has 3 aromatic heterocycles. The van der Waals surface area contributed by atoms with E-state index in [0.717, 1.165) is 47.2 Å². The van der Waals surface area contributed by atoms with Crippen molar-refractivity contribution in [3.8, 4) is 0 Å². The summed E-state index contributed by atoms with van der Waals surface area (Å²) < 4.78 is 5.69. The summed E-state index contributed by atoms with van der Waals surface area (Å²) in [7, 11) is 0. The molecule has 0 spiro atoms. The van der Waals surface area contributed by atoms with Crippen molar-refractivity contribution >= 4 is 40.4 Å². The highest BCUT2D eigenvalue weighted by atomic mass is 35.5. The molecule has 0 radical (unpaired) electrons. The van der Waals surface area contributed by atoms with Crippen LogP contribution in [0.2, 0.25) is 5.02 Å². The van der Waals surface area contributed by atoms with Gasteiger partial charge in [0.25, 0.3) is 0 Å². The van der Waals surface area contributed by atoms with Crippen molar-refractivity contribution < 1.29 is 9.53 Å². The Bertz CT molecular complexity index is 1340. The second kappa shape index (κ2) is 11.2. The van der Waals surface area contributed by atoms with Crippen molar-refractivity contribution in [2.24, 2.45) is 0 Å². The van der Waals surface area contributed by atoms with Crippen LogP contribution in [0.15, 0.2) is 67.3 Å². The number of fused-ring (bicyclic) bond motifs is 1. The largest absolute Gasteiger partial charge is 0.444 e. The number of nitrogens with one attached hydrogen (secondary N) is 2. The molecule has 1 amide bonds. The normalized spacial score (nSPS) is 15.5. The molecule has 1 saturated heterocycles. The zero-order valence-electron chi connectivity index (χ0n) is 19.6. The lowest BCUT2D eigenvalue weighted by Gasteiger charge is -2.33.